The predicted molar refractivity (Wildman–Crippen MR) is 87.7 cm³/mol. The van der Waals surface area contributed by atoms with Gasteiger partial charge in [0, 0.05) is 38.3 Å². The lowest BCUT2D eigenvalue weighted by atomic mass is 10.1. The molecule has 1 aliphatic rings. The van der Waals surface area contributed by atoms with Crippen LogP contribution in [0.25, 0.3) is 0 Å². The molecule has 0 spiro atoms. The molecule has 11 heteroatoms. The largest absolute Gasteiger partial charge is 0.492 e. The van der Waals surface area contributed by atoms with Gasteiger partial charge in [-0.15, -0.1) is 4.73 Å². The van der Waals surface area contributed by atoms with Gasteiger partial charge in [-0.3, -0.25) is 4.90 Å². The normalized spacial score (nSPS) is 15.4. The topological polar surface area (TPSA) is 130 Å². The maximum atomic E-state index is 12.3. The monoisotopic (exact) mass is 375 g/mol. The van der Waals surface area contributed by atoms with Crippen molar-refractivity contribution in [2.75, 3.05) is 26.2 Å². The van der Waals surface area contributed by atoms with Crippen LogP contribution in [-0.4, -0.2) is 67.0 Å². The zero-order valence-corrected chi connectivity index (χ0v) is 14.1. The highest BCUT2D eigenvalue weighted by Crippen LogP contribution is 2.27. The first-order chi connectivity index (χ1) is 13.1. The van der Waals surface area contributed by atoms with Crippen LogP contribution in [0, 0.1) is 0 Å². The van der Waals surface area contributed by atoms with E-state index in [0.717, 1.165) is 0 Å². The first-order valence-electron chi connectivity index (χ1n) is 8.20. The van der Waals surface area contributed by atoms with E-state index in [1.165, 1.54) is 29.8 Å². The lowest BCUT2D eigenvalue weighted by Crippen LogP contribution is -2.51. The van der Waals surface area contributed by atoms with Gasteiger partial charge in [-0.25, -0.2) is 14.8 Å². The molecule has 1 amide bonds. The van der Waals surface area contributed by atoms with E-state index < -0.39 is 6.09 Å². The van der Waals surface area contributed by atoms with Crippen molar-refractivity contribution in [3.63, 3.8) is 0 Å². The zero-order valence-electron chi connectivity index (χ0n) is 14.1. The number of carbonyl (C=O) groups is 1. The molecule has 1 saturated heterocycles. The molecule has 0 saturated carbocycles. The summed E-state index contributed by atoms with van der Waals surface area (Å²) in [5.74, 6) is -0.728. The number of oxazole rings is 2. The SMILES string of the molecule is O=C(On1c(O)ccc1O)N1CCN(C(c2cocn2)c2cocn2)CC1. The molecular weight excluding hydrogens is 358 g/mol. The smallest absolute Gasteiger partial charge is 0.434 e. The number of rotatable bonds is 4. The Hall–Kier alpha value is -3.47. The van der Waals surface area contributed by atoms with E-state index in [9.17, 15) is 15.0 Å². The highest BCUT2D eigenvalue weighted by atomic mass is 16.7. The minimum absolute atomic E-state index is 0.252. The number of hydrogen-bond donors (Lipinski definition) is 2. The lowest BCUT2D eigenvalue weighted by molar-refractivity contribution is 0.0509. The summed E-state index contributed by atoms with van der Waals surface area (Å²) >= 11 is 0. The number of aromatic nitrogens is 3. The van der Waals surface area contributed by atoms with E-state index in [4.69, 9.17) is 13.7 Å². The van der Waals surface area contributed by atoms with Crippen LogP contribution in [0.1, 0.15) is 17.4 Å². The summed E-state index contributed by atoms with van der Waals surface area (Å²) in [4.78, 5) is 29.3. The molecule has 0 aromatic carbocycles. The molecule has 1 fully saturated rings. The number of amides is 1. The molecule has 0 unspecified atom stereocenters. The van der Waals surface area contributed by atoms with Crippen LogP contribution in [0.15, 0.2) is 46.3 Å². The average molecular weight is 375 g/mol. The van der Waals surface area contributed by atoms with Gasteiger partial charge < -0.3 is 28.8 Å². The minimum atomic E-state index is -0.670. The van der Waals surface area contributed by atoms with Crippen LogP contribution in [-0.2, 0) is 0 Å². The van der Waals surface area contributed by atoms with Gasteiger partial charge in [0.15, 0.2) is 12.8 Å². The molecule has 4 heterocycles. The molecule has 4 rings (SSSR count). The van der Waals surface area contributed by atoms with E-state index in [-0.39, 0.29) is 17.8 Å². The Bertz CT molecular complexity index is 829. The summed E-state index contributed by atoms with van der Waals surface area (Å²) in [6.07, 6.45) is 5.14. The fourth-order valence-corrected chi connectivity index (χ4v) is 3.03. The van der Waals surface area contributed by atoms with Crippen LogP contribution in [0.2, 0.25) is 0 Å². The van der Waals surface area contributed by atoms with Crippen molar-refractivity contribution < 1.29 is 28.7 Å². The van der Waals surface area contributed by atoms with Crippen molar-refractivity contribution in [1.29, 1.82) is 0 Å². The summed E-state index contributed by atoms with van der Waals surface area (Å²) in [5, 5.41) is 19.1. The van der Waals surface area contributed by atoms with Crippen LogP contribution < -0.4 is 4.84 Å². The average Bonchev–Trinajstić information content (AvgIpc) is 3.43. The van der Waals surface area contributed by atoms with Gasteiger partial charge >= 0.3 is 6.09 Å². The van der Waals surface area contributed by atoms with Gasteiger partial charge in [0.2, 0.25) is 11.8 Å². The van der Waals surface area contributed by atoms with Gasteiger partial charge in [-0.05, 0) is 0 Å². The van der Waals surface area contributed by atoms with Crippen LogP contribution in [0.3, 0.4) is 0 Å². The van der Waals surface area contributed by atoms with Crippen molar-refractivity contribution in [2.24, 2.45) is 0 Å². The Balaban J connectivity index is 1.42. The molecule has 1 aliphatic heterocycles. The molecule has 0 atom stereocenters. The molecular formula is C16H17N5O6. The molecule has 0 aliphatic carbocycles. The lowest BCUT2D eigenvalue weighted by Gasteiger charge is -2.37. The Morgan fingerprint density at radius 1 is 1.00 bits per heavy atom. The third-order valence-corrected chi connectivity index (χ3v) is 4.37. The first-order valence-corrected chi connectivity index (χ1v) is 8.20. The second kappa shape index (κ2) is 7.03. The summed E-state index contributed by atoms with van der Waals surface area (Å²) in [6.45, 7) is 1.83. The molecule has 2 N–H and O–H groups in total. The Morgan fingerprint density at radius 3 is 2.04 bits per heavy atom. The zero-order chi connectivity index (χ0) is 18.8. The fourth-order valence-electron chi connectivity index (χ4n) is 3.03. The fraction of sp³-hybridized carbons (Fsp3) is 0.312. The van der Waals surface area contributed by atoms with Crippen molar-refractivity contribution >= 4 is 6.09 Å². The Kier molecular flexibility index (Phi) is 4.42. The second-order valence-corrected chi connectivity index (χ2v) is 5.95. The summed E-state index contributed by atoms with van der Waals surface area (Å²) < 4.78 is 10.9. The van der Waals surface area contributed by atoms with Gasteiger partial charge in [0.25, 0.3) is 0 Å². The van der Waals surface area contributed by atoms with Gasteiger partial charge in [0.05, 0.1) is 0 Å². The summed E-state index contributed by atoms with van der Waals surface area (Å²) in [7, 11) is 0. The van der Waals surface area contributed by atoms with E-state index in [0.29, 0.717) is 42.3 Å². The van der Waals surface area contributed by atoms with Crippen molar-refractivity contribution in [2.45, 2.75) is 6.04 Å². The highest BCUT2D eigenvalue weighted by molar-refractivity contribution is 5.68. The highest BCUT2D eigenvalue weighted by Gasteiger charge is 2.32. The van der Waals surface area contributed by atoms with Crippen molar-refractivity contribution in [3.05, 3.63) is 48.8 Å². The van der Waals surface area contributed by atoms with Gasteiger partial charge in [-0.1, -0.05) is 0 Å². The van der Waals surface area contributed by atoms with Crippen LogP contribution in [0.5, 0.6) is 11.8 Å². The Labute approximate surface area is 153 Å². The van der Waals surface area contributed by atoms with E-state index in [1.54, 1.807) is 12.5 Å². The van der Waals surface area contributed by atoms with Gasteiger partial charge in [-0.2, -0.15) is 0 Å². The summed E-state index contributed by atoms with van der Waals surface area (Å²) in [6, 6.07) is 2.19. The molecule has 3 aromatic rings. The van der Waals surface area contributed by atoms with Crippen LogP contribution in [0.4, 0.5) is 4.79 Å². The van der Waals surface area contributed by atoms with Crippen LogP contribution >= 0.6 is 0 Å². The molecule has 3 aromatic heterocycles. The van der Waals surface area contributed by atoms with Crippen molar-refractivity contribution in [1.82, 2.24) is 24.5 Å². The van der Waals surface area contributed by atoms with E-state index >= 15 is 0 Å². The maximum Gasteiger partial charge on any atom is 0.434 e. The minimum Gasteiger partial charge on any atom is -0.492 e. The first kappa shape index (κ1) is 17.0. The second-order valence-electron chi connectivity index (χ2n) is 5.95. The number of piperazine rings is 1. The number of carbonyl (C=O) groups excluding carboxylic acids is 1. The van der Waals surface area contributed by atoms with E-state index in [2.05, 4.69) is 14.9 Å². The summed E-state index contributed by atoms with van der Waals surface area (Å²) in [5.41, 5.74) is 1.39. The molecule has 27 heavy (non-hydrogen) atoms. The molecule has 11 nitrogen and oxygen atoms in total. The molecule has 0 bridgehead atoms. The van der Waals surface area contributed by atoms with Gasteiger partial charge in [0.1, 0.15) is 30.0 Å². The quantitative estimate of drug-likeness (QED) is 0.681. The number of nitrogens with zero attached hydrogens (tertiary/aromatic N) is 5. The molecule has 0 radical (unpaired) electrons. The van der Waals surface area contributed by atoms with Crippen molar-refractivity contribution in [3.8, 4) is 11.8 Å². The Morgan fingerprint density at radius 2 is 1.56 bits per heavy atom. The number of hydrogen-bond acceptors (Lipinski definition) is 9. The maximum absolute atomic E-state index is 12.3. The third kappa shape index (κ3) is 3.31. The predicted octanol–water partition coefficient (Wildman–Crippen LogP) is 0.831. The van der Waals surface area contributed by atoms with E-state index in [1.807, 2.05) is 0 Å². The third-order valence-electron chi connectivity index (χ3n) is 4.37. The standard InChI is InChI=1S/C16H17N5O6/c22-13-1-2-14(23)21(13)27-16(24)20-5-3-19(4-6-20)15(11-7-25-9-17-11)12-8-26-10-18-12/h1-2,7-10,15,22-23H,3-6H2. The molecule has 142 valence electrons. The number of aromatic hydroxyl groups is 2.